The smallest absolute Gasteiger partial charge is 0.312 e. The van der Waals surface area contributed by atoms with Gasteiger partial charge >= 0.3 is 5.97 Å². The fourth-order valence-corrected chi connectivity index (χ4v) is 1.34. The Hall–Kier alpha value is -0.530. The molecular formula is C13H26O2. The van der Waals surface area contributed by atoms with Gasteiger partial charge in [0.05, 0.1) is 5.41 Å². The summed E-state index contributed by atoms with van der Waals surface area (Å²) in [6.45, 7) is 11.8. The summed E-state index contributed by atoms with van der Waals surface area (Å²) in [6.07, 6.45) is 4.38. The Kier molecular flexibility index (Phi) is 5.33. The number of ether oxygens (including phenoxy) is 1. The first kappa shape index (κ1) is 14.5. The van der Waals surface area contributed by atoms with Gasteiger partial charge in [0, 0.05) is 0 Å². The summed E-state index contributed by atoms with van der Waals surface area (Å²) in [7, 11) is 0. The predicted molar refractivity (Wildman–Crippen MR) is 63.8 cm³/mol. The van der Waals surface area contributed by atoms with Crippen LogP contribution in [-0.2, 0) is 9.53 Å². The van der Waals surface area contributed by atoms with E-state index in [2.05, 4.69) is 6.92 Å². The second kappa shape index (κ2) is 5.53. The summed E-state index contributed by atoms with van der Waals surface area (Å²) >= 11 is 0. The van der Waals surface area contributed by atoms with Crippen molar-refractivity contribution in [2.24, 2.45) is 5.41 Å². The van der Waals surface area contributed by atoms with Crippen molar-refractivity contribution in [3.63, 3.8) is 0 Å². The number of unbranched alkanes of at least 4 members (excludes halogenated alkanes) is 2. The van der Waals surface area contributed by atoms with E-state index >= 15 is 0 Å². The van der Waals surface area contributed by atoms with E-state index in [1.165, 1.54) is 12.8 Å². The van der Waals surface area contributed by atoms with Crippen molar-refractivity contribution in [3.05, 3.63) is 0 Å². The maximum Gasteiger partial charge on any atom is 0.312 e. The van der Waals surface area contributed by atoms with Gasteiger partial charge < -0.3 is 4.74 Å². The molecule has 0 aromatic carbocycles. The summed E-state index contributed by atoms with van der Waals surface area (Å²) in [4.78, 5) is 11.9. The normalized spacial score (nSPS) is 12.7. The second-order valence-corrected chi connectivity index (χ2v) is 5.84. The Bertz CT molecular complexity index is 199. The predicted octanol–water partition coefficient (Wildman–Crippen LogP) is 3.93. The third kappa shape index (κ3) is 6.53. The van der Waals surface area contributed by atoms with Crippen LogP contribution in [0.25, 0.3) is 0 Å². The topological polar surface area (TPSA) is 26.3 Å². The summed E-state index contributed by atoms with van der Waals surface area (Å²) in [5.41, 5.74) is -0.721. The van der Waals surface area contributed by atoms with Crippen molar-refractivity contribution in [1.82, 2.24) is 0 Å². The minimum absolute atomic E-state index is 0.0777. The molecule has 2 heteroatoms. The monoisotopic (exact) mass is 214 g/mol. The van der Waals surface area contributed by atoms with Gasteiger partial charge in [0.15, 0.2) is 0 Å². The molecule has 0 heterocycles. The maximum absolute atomic E-state index is 11.9. The lowest BCUT2D eigenvalue weighted by Crippen LogP contribution is -2.33. The van der Waals surface area contributed by atoms with Gasteiger partial charge in [-0.05, 0) is 41.0 Å². The molecule has 0 spiro atoms. The Labute approximate surface area is 94.4 Å². The molecule has 0 aromatic rings. The van der Waals surface area contributed by atoms with Crippen molar-refractivity contribution < 1.29 is 9.53 Å². The SMILES string of the molecule is CCCCCC(C)(C)C(=O)OC(C)(C)C. The zero-order chi connectivity index (χ0) is 12.1. The van der Waals surface area contributed by atoms with Crippen LogP contribution in [0, 0.1) is 5.41 Å². The Morgan fingerprint density at radius 3 is 2.00 bits per heavy atom. The molecule has 0 fully saturated rings. The highest BCUT2D eigenvalue weighted by Gasteiger charge is 2.31. The molecule has 0 aromatic heterocycles. The van der Waals surface area contributed by atoms with Crippen LogP contribution in [0.15, 0.2) is 0 Å². The summed E-state index contributed by atoms with van der Waals surface area (Å²) < 4.78 is 5.39. The maximum atomic E-state index is 11.9. The summed E-state index contributed by atoms with van der Waals surface area (Å²) in [5.74, 6) is -0.0777. The van der Waals surface area contributed by atoms with E-state index in [0.717, 1.165) is 12.8 Å². The van der Waals surface area contributed by atoms with Gasteiger partial charge in [-0.2, -0.15) is 0 Å². The van der Waals surface area contributed by atoms with Crippen LogP contribution in [0.3, 0.4) is 0 Å². The Balaban J connectivity index is 4.14. The van der Waals surface area contributed by atoms with Gasteiger partial charge in [-0.25, -0.2) is 0 Å². The first-order chi connectivity index (χ1) is 6.69. The van der Waals surface area contributed by atoms with Gasteiger partial charge in [0.25, 0.3) is 0 Å². The average molecular weight is 214 g/mol. The lowest BCUT2D eigenvalue weighted by molar-refractivity contribution is -0.166. The van der Waals surface area contributed by atoms with Crippen LogP contribution >= 0.6 is 0 Å². The van der Waals surface area contributed by atoms with E-state index in [4.69, 9.17) is 4.74 Å². The summed E-state index contributed by atoms with van der Waals surface area (Å²) in [6, 6.07) is 0. The number of esters is 1. The Morgan fingerprint density at radius 2 is 1.60 bits per heavy atom. The molecule has 0 aliphatic heterocycles. The van der Waals surface area contributed by atoms with E-state index in [1.807, 2.05) is 34.6 Å². The molecule has 2 nitrogen and oxygen atoms in total. The minimum atomic E-state index is -0.376. The van der Waals surface area contributed by atoms with E-state index in [9.17, 15) is 4.79 Å². The number of rotatable bonds is 5. The van der Waals surface area contributed by atoms with Crippen LogP contribution in [0.1, 0.15) is 67.2 Å². The molecule has 0 saturated heterocycles. The third-order valence-electron chi connectivity index (χ3n) is 2.36. The fourth-order valence-electron chi connectivity index (χ4n) is 1.34. The molecule has 0 unspecified atom stereocenters. The molecule has 0 aliphatic rings. The lowest BCUT2D eigenvalue weighted by atomic mass is 9.87. The first-order valence-electron chi connectivity index (χ1n) is 5.92. The van der Waals surface area contributed by atoms with Gasteiger partial charge in [0.2, 0.25) is 0 Å². The molecule has 0 atom stereocenters. The first-order valence-corrected chi connectivity index (χ1v) is 5.92. The molecule has 90 valence electrons. The van der Waals surface area contributed by atoms with Crippen molar-refractivity contribution in [2.75, 3.05) is 0 Å². The Morgan fingerprint density at radius 1 is 1.07 bits per heavy atom. The van der Waals surface area contributed by atoms with Gasteiger partial charge in [0.1, 0.15) is 5.60 Å². The van der Waals surface area contributed by atoms with Crippen LogP contribution in [0.2, 0.25) is 0 Å². The molecule has 0 amide bonds. The van der Waals surface area contributed by atoms with Crippen molar-refractivity contribution in [3.8, 4) is 0 Å². The van der Waals surface area contributed by atoms with Crippen molar-refractivity contribution >= 4 is 5.97 Å². The number of hydrogen-bond donors (Lipinski definition) is 0. The highest BCUT2D eigenvalue weighted by Crippen LogP contribution is 2.27. The van der Waals surface area contributed by atoms with Gasteiger partial charge in [-0.1, -0.05) is 26.2 Å². The van der Waals surface area contributed by atoms with E-state index in [0.29, 0.717) is 0 Å². The largest absolute Gasteiger partial charge is 0.460 e. The molecule has 15 heavy (non-hydrogen) atoms. The number of carbonyl (C=O) groups is 1. The van der Waals surface area contributed by atoms with Crippen molar-refractivity contribution in [1.29, 1.82) is 0 Å². The van der Waals surface area contributed by atoms with Crippen molar-refractivity contribution in [2.45, 2.75) is 72.8 Å². The standard InChI is InChI=1S/C13H26O2/c1-7-8-9-10-13(5,6)11(14)15-12(2,3)4/h7-10H2,1-6H3. The molecule has 0 radical (unpaired) electrons. The molecule has 0 saturated carbocycles. The second-order valence-electron chi connectivity index (χ2n) is 5.84. The van der Waals surface area contributed by atoms with Crippen LogP contribution in [0.5, 0.6) is 0 Å². The molecule has 0 N–H and O–H groups in total. The molecular weight excluding hydrogens is 188 g/mol. The average Bonchev–Trinajstić information content (AvgIpc) is 2.01. The molecule has 0 bridgehead atoms. The minimum Gasteiger partial charge on any atom is -0.460 e. The van der Waals surface area contributed by atoms with Crippen LogP contribution in [-0.4, -0.2) is 11.6 Å². The summed E-state index contributed by atoms with van der Waals surface area (Å²) in [5, 5.41) is 0. The fraction of sp³-hybridized carbons (Fsp3) is 0.923. The molecule has 0 aliphatic carbocycles. The van der Waals surface area contributed by atoms with E-state index < -0.39 is 0 Å². The van der Waals surface area contributed by atoms with Crippen LogP contribution in [0.4, 0.5) is 0 Å². The molecule has 0 rings (SSSR count). The quantitative estimate of drug-likeness (QED) is 0.512. The zero-order valence-corrected chi connectivity index (χ0v) is 11.1. The van der Waals surface area contributed by atoms with E-state index in [-0.39, 0.29) is 17.0 Å². The van der Waals surface area contributed by atoms with Gasteiger partial charge in [-0.15, -0.1) is 0 Å². The van der Waals surface area contributed by atoms with Crippen LogP contribution < -0.4 is 0 Å². The lowest BCUT2D eigenvalue weighted by Gasteiger charge is -2.28. The third-order valence-corrected chi connectivity index (χ3v) is 2.36. The van der Waals surface area contributed by atoms with E-state index in [1.54, 1.807) is 0 Å². The highest BCUT2D eigenvalue weighted by molar-refractivity contribution is 5.76. The zero-order valence-electron chi connectivity index (χ0n) is 11.1. The number of hydrogen-bond acceptors (Lipinski definition) is 2. The highest BCUT2D eigenvalue weighted by atomic mass is 16.6. The number of carbonyl (C=O) groups excluding carboxylic acids is 1. The van der Waals surface area contributed by atoms with Gasteiger partial charge in [-0.3, -0.25) is 4.79 Å².